The number of pyridine rings is 1. The van der Waals surface area contributed by atoms with Crippen molar-refractivity contribution in [1.82, 2.24) is 4.98 Å². The van der Waals surface area contributed by atoms with Crippen molar-refractivity contribution in [2.24, 2.45) is 0 Å². The lowest BCUT2D eigenvalue weighted by atomic mass is 10.2. The topological polar surface area (TPSA) is 74.4 Å². The molecular weight excluding hydrogens is 244 g/mol. The van der Waals surface area contributed by atoms with Crippen LogP contribution in [0.25, 0.3) is 0 Å². The Kier molecular flexibility index (Phi) is 3.66. The number of aryl methyl sites for hydroxylation is 1. The van der Waals surface area contributed by atoms with Crippen molar-refractivity contribution in [1.29, 1.82) is 0 Å². The van der Waals surface area contributed by atoms with E-state index < -0.39 is 5.97 Å². The monoisotopic (exact) mass is 258 g/mol. The molecule has 1 aromatic carbocycles. The van der Waals surface area contributed by atoms with Crippen molar-refractivity contribution in [3.8, 4) is 11.5 Å². The lowest BCUT2D eigenvalue weighted by Crippen LogP contribution is -2.02. The summed E-state index contributed by atoms with van der Waals surface area (Å²) in [4.78, 5) is 15.5. The van der Waals surface area contributed by atoms with Crippen LogP contribution < -0.4 is 10.5 Å². The van der Waals surface area contributed by atoms with Gasteiger partial charge in [0.05, 0.1) is 24.6 Å². The summed E-state index contributed by atoms with van der Waals surface area (Å²) in [6.45, 7) is 1.89. The second-order valence-corrected chi connectivity index (χ2v) is 3.98. The standard InChI is InChI=1S/C14H14N2O3/c1-9-3-5-11(8-16-9)19-13-6-4-10(7-12(13)15)14(17)18-2/h3-8H,15H2,1-2H3. The van der Waals surface area contributed by atoms with Crippen LogP contribution in [0.1, 0.15) is 16.1 Å². The summed E-state index contributed by atoms with van der Waals surface area (Å²) in [5, 5.41) is 0. The number of carbonyl (C=O) groups is 1. The Morgan fingerprint density at radius 1 is 1.26 bits per heavy atom. The molecule has 5 nitrogen and oxygen atoms in total. The molecule has 0 atom stereocenters. The summed E-state index contributed by atoms with van der Waals surface area (Å²) in [6.07, 6.45) is 1.61. The normalized spacial score (nSPS) is 10.0. The molecule has 5 heteroatoms. The molecular formula is C14H14N2O3. The maximum absolute atomic E-state index is 11.3. The van der Waals surface area contributed by atoms with Gasteiger partial charge in [0.15, 0.2) is 0 Å². The number of benzene rings is 1. The number of carbonyl (C=O) groups excluding carboxylic acids is 1. The van der Waals surface area contributed by atoms with Gasteiger partial charge in [-0.2, -0.15) is 0 Å². The third-order valence-corrected chi connectivity index (χ3v) is 2.54. The zero-order chi connectivity index (χ0) is 13.8. The first-order valence-corrected chi connectivity index (χ1v) is 5.68. The molecule has 0 spiro atoms. The van der Waals surface area contributed by atoms with E-state index >= 15 is 0 Å². The Balaban J connectivity index is 2.22. The van der Waals surface area contributed by atoms with Crippen LogP contribution >= 0.6 is 0 Å². The van der Waals surface area contributed by atoms with E-state index in [1.807, 2.05) is 13.0 Å². The van der Waals surface area contributed by atoms with Gasteiger partial charge in [0.2, 0.25) is 0 Å². The molecule has 0 fully saturated rings. The highest BCUT2D eigenvalue weighted by Crippen LogP contribution is 2.28. The van der Waals surface area contributed by atoms with Gasteiger partial charge in [-0.1, -0.05) is 0 Å². The Labute approximate surface area is 111 Å². The average Bonchev–Trinajstić information content (AvgIpc) is 2.42. The van der Waals surface area contributed by atoms with Crippen LogP contribution in [0, 0.1) is 6.92 Å². The predicted molar refractivity (Wildman–Crippen MR) is 71.2 cm³/mol. The van der Waals surface area contributed by atoms with E-state index in [0.717, 1.165) is 5.69 Å². The fraction of sp³-hybridized carbons (Fsp3) is 0.143. The number of nitrogens with two attached hydrogens (primary N) is 1. The van der Waals surface area contributed by atoms with Gasteiger partial charge < -0.3 is 15.2 Å². The number of aromatic nitrogens is 1. The number of hydrogen-bond donors (Lipinski definition) is 1. The molecule has 2 N–H and O–H groups in total. The molecule has 0 aliphatic carbocycles. The SMILES string of the molecule is COC(=O)c1ccc(Oc2ccc(C)nc2)c(N)c1. The Morgan fingerprint density at radius 3 is 2.63 bits per heavy atom. The van der Waals surface area contributed by atoms with E-state index in [4.69, 9.17) is 10.5 Å². The third-order valence-electron chi connectivity index (χ3n) is 2.54. The maximum Gasteiger partial charge on any atom is 0.337 e. The van der Waals surface area contributed by atoms with Crippen molar-refractivity contribution < 1.29 is 14.3 Å². The molecule has 2 rings (SSSR count). The van der Waals surface area contributed by atoms with Gasteiger partial charge in [0, 0.05) is 5.69 Å². The lowest BCUT2D eigenvalue weighted by molar-refractivity contribution is 0.0601. The molecule has 0 aliphatic heterocycles. The first-order chi connectivity index (χ1) is 9.10. The van der Waals surface area contributed by atoms with E-state index in [2.05, 4.69) is 9.72 Å². The molecule has 0 saturated carbocycles. The van der Waals surface area contributed by atoms with E-state index in [0.29, 0.717) is 22.7 Å². The van der Waals surface area contributed by atoms with E-state index in [1.165, 1.54) is 13.2 Å². The van der Waals surface area contributed by atoms with Crippen LogP contribution in [0.15, 0.2) is 36.5 Å². The third kappa shape index (κ3) is 3.01. The largest absolute Gasteiger partial charge is 0.465 e. The summed E-state index contributed by atoms with van der Waals surface area (Å²) in [6, 6.07) is 8.38. The lowest BCUT2D eigenvalue weighted by Gasteiger charge is -2.09. The minimum Gasteiger partial charge on any atom is -0.465 e. The summed E-state index contributed by atoms with van der Waals surface area (Å²) in [7, 11) is 1.32. The fourth-order valence-corrected chi connectivity index (χ4v) is 1.53. The van der Waals surface area contributed by atoms with Gasteiger partial charge in [-0.25, -0.2) is 4.79 Å². The van der Waals surface area contributed by atoms with Crippen LogP contribution in [0.4, 0.5) is 5.69 Å². The number of rotatable bonds is 3. The Bertz CT molecular complexity index is 594. The number of nitrogen functional groups attached to an aromatic ring is 1. The quantitative estimate of drug-likeness (QED) is 0.676. The number of methoxy groups -OCH3 is 1. The highest BCUT2D eigenvalue weighted by molar-refractivity contribution is 5.90. The first kappa shape index (κ1) is 12.9. The average molecular weight is 258 g/mol. The minimum atomic E-state index is -0.435. The van der Waals surface area contributed by atoms with Gasteiger partial charge in [0.25, 0.3) is 0 Å². The van der Waals surface area contributed by atoms with Crippen molar-refractivity contribution in [3.05, 3.63) is 47.8 Å². The van der Waals surface area contributed by atoms with Crippen LogP contribution in [-0.4, -0.2) is 18.1 Å². The molecule has 2 aromatic rings. The van der Waals surface area contributed by atoms with Crippen molar-refractivity contribution in [2.45, 2.75) is 6.92 Å². The molecule has 1 aromatic heterocycles. The second-order valence-electron chi connectivity index (χ2n) is 3.98. The van der Waals surface area contributed by atoms with Crippen LogP contribution in [0.2, 0.25) is 0 Å². The van der Waals surface area contributed by atoms with Crippen molar-refractivity contribution in [2.75, 3.05) is 12.8 Å². The first-order valence-electron chi connectivity index (χ1n) is 5.68. The summed E-state index contributed by atoms with van der Waals surface area (Å²) in [5.41, 5.74) is 7.49. The number of esters is 1. The van der Waals surface area contributed by atoms with E-state index in [1.54, 1.807) is 24.4 Å². The van der Waals surface area contributed by atoms with Gasteiger partial charge in [-0.3, -0.25) is 4.98 Å². The second kappa shape index (κ2) is 5.39. The zero-order valence-corrected chi connectivity index (χ0v) is 10.7. The van der Waals surface area contributed by atoms with E-state index in [9.17, 15) is 4.79 Å². The van der Waals surface area contributed by atoms with Crippen molar-refractivity contribution in [3.63, 3.8) is 0 Å². The smallest absolute Gasteiger partial charge is 0.337 e. The predicted octanol–water partition coefficient (Wildman–Crippen LogP) is 2.55. The summed E-state index contributed by atoms with van der Waals surface area (Å²) in [5.74, 6) is 0.622. The molecule has 98 valence electrons. The molecule has 19 heavy (non-hydrogen) atoms. The summed E-state index contributed by atoms with van der Waals surface area (Å²) >= 11 is 0. The number of ether oxygens (including phenoxy) is 2. The molecule has 1 heterocycles. The van der Waals surface area contributed by atoms with Crippen LogP contribution in [0.3, 0.4) is 0 Å². The maximum atomic E-state index is 11.3. The zero-order valence-electron chi connectivity index (χ0n) is 10.7. The number of hydrogen-bond acceptors (Lipinski definition) is 5. The number of anilines is 1. The highest BCUT2D eigenvalue weighted by atomic mass is 16.5. The molecule has 0 saturated heterocycles. The van der Waals surface area contributed by atoms with Crippen molar-refractivity contribution >= 4 is 11.7 Å². The minimum absolute atomic E-state index is 0.364. The molecule has 0 aliphatic rings. The van der Waals surface area contributed by atoms with Crippen LogP contribution in [0.5, 0.6) is 11.5 Å². The highest BCUT2D eigenvalue weighted by Gasteiger charge is 2.09. The molecule has 0 amide bonds. The fourth-order valence-electron chi connectivity index (χ4n) is 1.53. The molecule has 0 bridgehead atoms. The van der Waals surface area contributed by atoms with Gasteiger partial charge in [-0.15, -0.1) is 0 Å². The van der Waals surface area contributed by atoms with Crippen LogP contribution in [-0.2, 0) is 4.74 Å². The molecule has 0 radical (unpaired) electrons. The Hall–Kier alpha value is -2.56. The van der Waals surface area contributed by atoms with Gasteiger partial charge in [-0.05, 0) is 37.3 Å². The van der Waals surface area contributed by atoms with Gasteiger partial charge >= 0.3 is 5.97 Å². The number of nitrogens with zero attached hydrogens (tertiary/aromatic N) is 1. The van der Waals surface area contributed by atoms with E-state index in [-0.39, 0.29) is 0 Å². The molecule has 0 unspecified atom stereocenters. The summed E-state index contributed by atoms with van der Waals surface area (Å²) < 4.78 is 10.2. The van der Waals surface area contributed by atoms with Gasteiger partial charge in [0.1, 0.15) is 11.5 Å². The Morgan fingerprint density at radius 2 is 2.05 bits per heavy atom.